The minimum absolute atomic E-state index is 0.0968. The van der Waals surface area contributed by atoms with Crippen molar-refractivity contribution in [3.05, 3.63) is 22.1 Å². The summed E-state index contributed by atoms with van der Waals surface area (Å²) in [5, 5.41) is 0.766. The van der Waals surface area contributed by atoms with Crippen LogP contribution >= 0.6 is 11.6 Å². The molecule has 1 aromatic heterocycles. The fourth-order valence-corrected chi connectivity index (χ4v) is 1.85. The van der Waals surface area contributed by atoms with Crippen LogP contribution in [-0.4, -0.2) is 5.54 Å². The van der Waals surface area contributed by atoms with Crippen LogP contribution in [0.15, 0.2) is 4.42 Å². The van der Waals surface area contributed by atoms with E-state index in [-0.39, 0.29) is 5.54 Å². The van der Waals surface area contributed by atoms with Crippen molar-refractivity contribution in [3.63, 3.8) is 0 Å². The highest BCUT2D eigenvalue weighted by Gasteiger charge is 2.37. The van der Waals surface area contributed by atoms with Gasteiger partial charge in [0.1, 0.15) is 11.5 Å². The zero-order chi connectivity index (χ0) is 10.3. The molecule has 14 heavy (non-hydrogen) atoms. The van der Waals surface area contributed by atoms with E-state index in [1.807, 2.05) is 13.8 Å². The lowest BCUT2D eigenvalue weighted by Crippen LogP contribution is -2.22. The SMILES string of the molecule is Cc1oc(CCC2(N)CC2)c(C)c1Cl. The molecule has 1 fully saturated rings. The monoisotopic (exact) mass is 213 g/mol. The molecule has 1 aromatic rings. The molecule has 0 atom stereocenters. The van der Waals surface area contributed by atoms with Crippen LogP contribution in [0, 0.1) is 13.8 Å². The molecule has 0 radical (unpaired) electrons. The largest absolute Gasteiger partial charge is 0.464 e. The van der Waals surface area contributed by atoms with Gasteiger partial charge in [0.15, 0.2) is 0 Å². The van der Waals surface area contributed by atoms with Gasteiger partial charge in [-0.25, -0.2) is 0 Å². The Labute approximate surface area is 89.4 Å². The van der Waals surface area contributed by atoms with Crippen LogP contribution in [0.1, 0.15) is 36.3 Å². The molecule has 1 aliphatic carbocycles. The molecule has 0 spiro atoms. The van der Waals surface area contributed by atoms with Crippen LogP contribution in [-0.2, 0) is 6.42 Å². The molecule has 2 nitrogen and oxygen atoms in total. The summed E-state index contributed by atoms with van der Waals surface area (Å²) in [6.45, 7) is 3.90. The van der Waals surface area contributed by atoms with Gasteiger partial charge in [0.05, 0.1) is 5.02 Å². The van der Waals surface area contributed by atoms with Gasteiger partial charge in [0.25, 0.3) is 0 Å². The predicted octanol–water partition coefficient (Wildman–Crippen LogP) is 2.97. The molecule has 0 bridgehead atoms. The molecule has 0 saturated heterocycles. The summed E-state index contributed by atoms with van der Waals surface area (Å²) < 4.78 is 5.58. The maximum Gasteiger partial charge on any atom is 0.119 e. The second-order valence-corrected chi connectivity index (χ2v) is 4.76. The number of aryl methyl sites for hydroxylation is 2. The lowest BCUT2D eigenvalue weighted by atomic mass is 10.1. The first-order valence-electron chi connectivity index (χ1n) is 5.05. The number of rotatable bonds is 3. The molecule has 3 heteroatoms. The minimum atomic E-state index is 0.0968. The second kappa shape index (κ2) is 3.28. The third-order valence-corrected chi connectivity index (χ3v) is 3.62. The lowest BCUT2D eigenvalue weighted by molar-refractivity contribution is 0.459. The zero-order valence-electron chi connectivity index (χ0n) is 8.69. The Hall–Kier alpha value is -0.470. The van der Waals surface area contributed by atoms with Crippen molar-refractivity contribution in [2.45, 2.75) is 45.1 Å². The number of nitrogens with two attached hydrogens (primary N) is 1. The van der Waals surface area contributed by atoms with E-state index in [9.17, 15) is 0 Å². The van der Waals surface area contributed by atoms with Gasteiger partial charge >= 0.3 is 0 Å². The van der Waals surface area contributed by atoms with Gasteiger partial charge in [-0.3, -0.25) is 0 Å². The maximum atomic E-state index is 6.04. The highest BCUT2D eigenvalue weighted by Crippen LogP contribution is 2.37. The molecule has 0 amide bonds. The van der Waals surface area contributed by atoms with E-state index in [4.69, 9.17) is 21.8 Å². The summed E-state index contributed by atoms with van der Waals surface area (Å²) in [7, 11) is 0. The van der Waals surface area contributed by atoms with Crippen molar-refractivity contribution in [3.8, 4) is 0 Å². The van der Waals surface area contributed by atoms with E-state index in [0.29, 0.717) is 0 Å². The molecule has 78 valence electrons. The quantitative estimate of drug-likeness (QED) is 0.839. The first kappa shape index (κ1) is 10.1. The van der Waals surface area contributed by atoms with Crippen molar-refractivity contribution in [1.82, 2.24) is 0 Å². The Morgan fingerprint density at radius 1 is 1.43 bits per heavy atom. The van der Waals surface area contributed by atoms with Crippen LogP contribution < -0.4 is 5.73 Å². The highest BCUT2D eigenvalue weighted by atomic mass is 35.5. The molecule has 1 aliphatic rings. The first-order chi connectivity index (χ1) is 6.52. The summed E-state index contributed by atoms with van der Waals surface area (Å²) in [5.74, 6) is 1.82. The number of hydrogen-bond acceptors (Lipinski definition) is 2. The summed E-state index contributed by atoms with van der Waals surface area (Å²) in [6, 6.07) is 0. The van der Waals surface area contributed by atoms with Gasteiger partial charge in [-0.2, -0.15) is 0 Å². The number of halogens is 1. The van der Waals surface area contributed by atoms with Gasteiger partial charge in [-0.1, -0.05) is 11.6 Å². The Bertz CT molecular complexity index is 352. The molecule has 0 unspecified atom stereocenters. The average Bonchev–Trinajstić information content (AvgIpc) is 2.83. The van der Waals surface area contributed by atoms with E-state index >= 15 is 0 Å². The molecule has 0 aromatic carbocycles. The maximum absolute atomic E-state index is 6.04. The van der Waals surface area contributed by atoms with Crippen molar-refractivity contribution in [1.29, 1.82) is 0 Å². The van der Waals surface area contributed by atoms with Crippen molar-refractivity contribution in [2.75, 3.05) is 0 Å². The van der Waals surface area contributed by atoms with Gasteiger partial charge in [-0.05, 0) is 33.1 Å². The Balaban J connectivity index is 2.05. The lowest BCUT2D eigenvalue weighted by Gasteiger charge is -2.06. The highest BCUT2D eigenvalue weighted by molar-refractivity contribution is 6.32. The summed E-state index contributed by atoms with van der Waals surface area (Å²) >= 11 is 6.04. The predicted molar refractivity (Wildman–Crippen MR) is 57.7 cm³/mol. The van der Waals surface area contributed by atoms with E-state index in [2.05, 4.69) is 0 Å². The summed E-state index contributed by atoms with van der Waals surface area (Å²) in [5.41, 5.74) is 7.19. The first-order valence-corrected chi connectivity index (χ1v) is 5.43. The van der Waals surface area contributed by atoms with Crippen molar-refractivity contribution < 1.29 is 4.42 Å². The van der Waals surface area contributed by atoms with Crippen molar-refractivity contribution in [2.24, 2.45) is 5.73 Å². The zero-order valence-corrected chi connectivity index (χ0v) is 9.45. The van der Waals surface area contributed by atoms with Gasteiger partial charge in [-0.15, -0.1) is 0 Å². The third-order valence-electron chi connectivity index (χ3n) is 3.08. The molecule has 1 saturated carbocycles. The second-order valence-electron chi connectivity index (χ2n) is 4.38. The minimum Gasteiger partial charge on any atom is -0.464 e. The van der Waals surface area contributed by atoms with Crippen LogP contribution in [0.3, 0.4) is 0 Å². The Morgan fingerprint density at radius 3 is 2.50 bits per heavy atom. The molecule has 1 heterocycles. The van der Waals surface area contributed by atoms with E-state index in [1.54, 1.807) is 0 Å². The molecule has 2 rings (SSSR count). The van der Waals surface area contributed by atoms with Gasteiger partial charge in [0.2, 0.25) is 0 Å². The smallest absolute Gasteiger partial charge is 0.119 e. The van der Waals surface area contributed by atoms with E-state index in [0.717, 1.165) is 47.8 Å². The Morgan fingerprint density at radius 2 is 2.07 bits per heavy atom. The van der Waals surface area contributed by atoms with Crippen LogP contribution in [0.5, 0.6) is 0 Å². The third kappa shape index (κ3) is 1.82. The fourth-order valence-electron chi connectivity index (χ4n) is 1.70. The fraction of sp³-hybridized carbons (Fsp3) is 0.636. The number of furan rings is 1. The van der Waals surface area contributed by atoms with Crippen molar-refractivity contribution >= 4 is 11.6 Å². The molecular formula is C11H16ClNO. The van der Waals surface area contributed by atoms with Gasteiger partial charge < -0.3 is 10.2 Å². The molecular weight excluding hydrogens is 198 g/mol. The average molecular weight is 214 g/mol. The number of hydrogen-bond donors (Lipinski definition) is 1. The van der Waals surface area contributed by atoms with Crippen LogP contribution in [0.25, 0.3) is 0 Å². The Kier molecular flexibility index (Phi) is 2.36. The summed E-state index contributed by atoms with van der Waals surface area (Å²) in [6.07, 6.45) is 4.23. The molecule has 2 N–H and O–H groups in total. The molecule has 0 aliphatic heterocycles. The standard InChI is InChI=1S/C11H16ClNO/c1-7-9(14-8(2)10(7)12)3-4-11(13)5-6-11/h3-6,13H2,1-2H3. The van der Waals surface area contributed by atoms with E-state index in [1.165, 1.54) is 0 Å². The van der Waals surface area contributed by atoms with Crippen LogP contribution in [0.2, 0.25) is 5.02 Å². The van der Waals surface area contributed by atoms with E-state index < -0.39 is 0 Å². The van der Waals surface area contributed by atoms with Gasteiger partial charge in [0, 0.05) is 17.5 Å². The van der Waals surface area contributed by atoms with Crippen LogP contribution in [0.4, 0.5) is 0 Å². The summed E-state index contributed by atoms with van der Waals surface area (Å²) in [4.78, 5) is 0. The topological polar surface area (TPSA) is 39.2 Å². The normalized spacial score (nSPS) is 18.6.